The quantitative estimate of drug-likeness (QED) is 0.510. The first-order chi connectivity index (χ1) is 4.87. The first-order valence-electron chi connectivity index (χ1n) is 3.87. The van der Waals surface area contributed by atoms with Crippen LogP contribution < -0.4 is 10.6 Å². The highest BCUT2D eigenvalue weighted by Crippen LogP contribution is 2.27. The van der Waals surface area contributed by atoms with Crippen LogP contribution in [0, 0.1) is 0 Å². The van der Waals surface area contributed by atoms with Gasteiger partial charge in [-0.05, 0) is 13.0 Å². The highest BCUT2D eigenvalue weighted by Gasteiger charge is 2.46. The highest BCUT2D eigenvalue weighted by atomic mass is 16.5. The molecule has 2 N–H and O–H groups in total. The van der Waals surface area contributed by atoms with Crippen molar-refractivity contribution in [2.45, 2.75) is 18.1 Å². The first kappa shape index (κ1) is 6.58. The molecule has 2 aliphatic heterocycles. The third-order valence-corrected chi connectivity index (χ3v) is 2.75. The summed E-state index contributed by atoms with van der Waals surface area (Å²) >= 11 is 0. The van der Waals surface area contributed by atoms with E-state index in [9.17, 15) is 0 Å². The fourth-order valence-corrected chi connectivity index (χ4v) is 2.03. The van der Waals surface area contributed by atoms with Crippen molar-refractivity contribution >= 4 is 0 Å². The van der Waals surface area contributed by atoms with Crippen LogP contribution >= 0.6 is 0 Å². The van der Waals surface area contributed by atoms with E-state index in [1.54, 1.807) is 0 Å². The summed E-state index contributed by atoms with van der Waals surface area (Å²) in [5.41, 5.74) is 0.125. The molecule has 0 aromatic rings. The van der Waals surface area contributed by atoms with Gasteiger partial charge < -0.3 is 15.4 Å². The van der Waals surface area contributed by atoms with Crippen molar-refractivity contribution in [3.63, 3.8) is 0 Å². The molecule has 0 bridgehead atoms. The van der Waals surface area contributed by atoms with Gasteiger partial charge in [-0.2, -0.15) is 0 Å². The molecule has 2 heterocycles. The predicted octanol–water partition coefficient (Wildman–Crippen LogP) is -0.663. The number of ether oxygens (including phenoxy) is 1. The molecule has 2 atom stereocenters. The second kappa shape index (κ2) is 2.19. The van der Waals surface area contributed by atoms with Gasteiger partial charge in [-0.1, -0.05) is 0 Å². The molecule has 2 rings (SSSR count). The predicted molar refractivity (Wildman–Crippen MR) is 39.0 cm³/mol. The van der Waals surface area contributed by atoms with E-state index < -0.39 is 0 Å². The van der Waals surface area contributed by atoms with Crippen molar-refractivity contribution in [3.8, 4) is 0 Å². The molecule has 0 radical (unpaired) electrons. The standard InChI is InChI=1S/C7H14N2O/c1-10-7-2-3-9-6(7)4-8-5-7/h6,8-9H,2-5H2,1H3. The van der Waals surface area contributed by atoms with Crippen LogP contribution in [0.4, 0.5) is 0 Å². The molecule has 2 aliphatic rings. The third kappa shape index (κ3) is 0.713. The van der Waals surface area contributed by atoms with Gasteiger partial charge >= 0.3 is 0 Å². The smallest absolute Gasteiger partial charge is 0.0978 e. The Hall–Kier alpha value is -0.120. The molecule has 3 nitrogen and oxygen atoms in total. The Labute approximate surface area is 61.1 Å². The van der Waals surface area contributed by atoms with Gasteiger partial charge in [0.2, 0.25) is 0 Å². The molecule has 2 unspecified atom stereocenters. The number of fused-ring (bicyclic) bond motifs is 1. The summed E-state index contributed by atoms with van der Waals surface area (Å²) < 4.78 is 5.50. The van der Waals surface area contributed by atoms with Gasteiger partial charge in [0.1, 0.15) is 0 Å². The molecule has 10 heavy (non-hydrogen) atoms. The average molecular weight is 142 g/mol. The molecule has 0 amide bonds. The van der Waals surface area contributed by atoms with Crippen molar-refractivity contribution in [3.05, 3.63) is 0 Å². The minimum Gasteiger partial charge on any atom is -0.375 e. The van der Waals surface area contributed by atoms with Crippen LogP contribution in [0.3, 0.4) is 0 Å². The van der Waals surface area contributed by atoms with Crippen molar-refractivity contribution in [2.24, 2.45) is 0 Å². The Balaban J connectivity index is 2.15. The molecule has 0 aromatic heterocycles. The lowest BCUT2D eigenvalue weighted by Gasteiger charge is -2.25. The van der Waals surface area contributed by atoms with Crippen molar-refractivity contribution in [1.82, 2.24) is 10.6 Å². The van der Waals surface area contributed by atoms with Crippen molar-refractivity contribution in [2.75, 3.05) is 26.7 Å². The Morgan fingerprint density at radius 1 is 1.60 bits per heavy atom. The van der Waals surface area contributed by atoms with Gasteiger partial charge in [-0.3, -0.25) is 0 Å². The Morgan fingerprint density at radius 3 is 3.20 bits per heavy atom. The molecule has 58 valence electrons. The number of methoxy groups -OCH3 is 1. The molecule has 0 aromatic carbocycles. The topological polar surface area (TPSA) is 33.3 Å². The van der Waals surface area contributed by atoms with Gasteiger partial charge in [0, 0.05) is 26.2 Å². The lowest BCUT2D eigenvalue weighted by molar-refractivity contribution is 0.00637. The zero-order valence-corrected chi connectivity index (χ0v) is 6.31. The molecule has 0 aliphatic carbocycles. The van der Waals surface area contributed by atoms with E-state index in [0.29, 0.717) is 6.04 Å². The summed E-state index contributed by atoms with van der Waals surface area (Å²) in [6, 6.07) is 0.553. The fourth-order valence-electron chi connectivity index (χ4n) is 2.03. The maximum atomic E-state index is 5.50. The number of rotatable bonds is 1. The van der Waals surface area contributed by atoms with Crippen LogP contribution in [-0.2, 0) is 4.74 Å². The number of nitrogens with one attached hydrogen (secondary N) is 2. The van der Waals surface area contributed by atoms with Gasteiger partial charge in [0.05, 0.1) is 5.60 Å². The van der Waals surface area contributed by atoms with Crippen LogP contribution in [0.2, 0.25) is 0 Å². The summed E-state index contributed by atoms with van der Waals surface area (Å²) in [4.78, 5) is 0. The summed E-state index contributed by atoms with van der Waals surface area (Å²) in [5, 5.41) is 6.75. The van der Waals surface area contributed by atoms with Crippen LogP contribution in [0.5, 0.6) is 0 Å². The molecular weight excluding hydrogens is 128 g/mol. The van der Waals surface area contributed by atoms with Crippen molar-refractivity contribution in [1.29, 1.82) is 0 Å². The van der Waals surface area contributed by atoms with Crippen LogP contribution in [0.25, 0.3) is 0 Å². The van der Waals surface area contributed by atoms with E-state index in [-0.39, 0.29) is 5.60 Å². The molecule has 0 spiro atoms. The third-order valence-electron chi connectivity index (χ3n) is 2.75. The molecule has 0 saturated carbocycles. The summed E-state index contributed by atoms with van der Waals surface area (Å²) in [6.45, 7) is 3.19. The molecule has 3 heteroatoms. The van der Waals surface area contributed by atoms with Gasteiger partial charge in [-0.15, -0.1) is 0 Å². The van der Waals surface area contributed by atoms with Gasteiger partial charge in [-0.25, -0.2) is 0 Å². The molecular formula is C7H14N2O. The lowest BCUT2D eigenvalue weighted by atomic mass is 9.99. The molecule has 2 fully saturated rings. The van der Waals surface area contributed by atoms with Gasteiger partial charge in [0.15, 0.2) is 0 Å². The SMILES string of the molecule is COC12CCNC1CNC2. The number of hydrogen-bond donors (Lipinski definition) is 2. The largest absolute Gasteiger partial charge is 0.375 e. The monoisotopic (exact) mass is 142 g/mol. The van der Waals surface area contributed by atoms with E-state index in [1.807, 2.05) is 7.11 Å². The summed E-state index contributed by atoms with van der Waals surface area (Å²) in [7, 11) is 1.81. The average Bonchev–Trinajstić information content (AvgIpc) is 2.42. The van der Waals surface area contributed by atoms with E-state index in [1.165, 1.54) is 0 Å². The normalized spacial score (nSPS) is 45.9. The second-order valence-electron chi connectivity index (χ2n) is 3.16. The van der Waals surface area contributed by atoms with E-state index in [0.717, 1.165) is 26.1 Å². The van der Waals surface area contributed by atoms with E-state index in [4.69, 9.17) is 4.74 Å². The van der Waals surface area contributed by atoms with Crippen LogP contribution in [-0.4, -0.2) is 38.4 Å². The first-order valence-corrected chi connectivity index (χ1v) is 3.87. The second-order valence-corrected chi connectivity index (χ2v) is 3.16. The maximum Gasteiger partial charge on any atom is 0.0978 e. The fraction of sp³-hybridized carbons (Fsp3) is 1.00. The molecule has 2 saturated heterocycles. The maximum absolute atomic E-state index is 5.50. The van der Waals surface area contributed by atoms with Crippen LogP contribution in [0.15, 0.2) is 0 Å². The minimum absolute atomic E-state index is 0.125. The highest BCUT2D eigenvalue weighted by molar-refractivity contribution is 5.06. The summed E-state index contributed by atoms with van der Waals surface area (Å²) in [6.07, 6.45) is 1.15. The van der Waals surface area contributed by atoms with Gasteiger partial charge in [0.25, 0.3) is 0 Å². The van der Waals surface area contributed by atoms with Crippen LogP contribution in [0.1, 0.15) is 6.42 Å². The summed E-state index contributed by atoms with van der Waals surface area (Å²) in [5.74, 6) is 0. The zero-order valence-electron chi connectivity index (χ0n) is 6.31. The Kier molecular flexibility index (Phi) is 1.44. The van der Waals surface area contributed by atoms with E-state index in [2.05, 4.69) is 10.6 Å². The zero-order chi connectivity index (χ0) is 7.03. The minimum atomic E-state index is 0.125. The lowest BCUT2D eigenvalue weighted by Crippen LogP contribution is -2.42. The Morgan fingerprint density at radius 2 is 2.50 bits per heavy atom. The van der Waals surface area contributed by atoms with E-state index >= 15 is 0 Å². The number of hydrogen-bond acceptors (Lipinski definition) is 3. The van der Waals surface area contributed by atoms with Crippen molar-refractivity contribution < 1.29 is 4.74 Å². The Bertz CT molecular complexity index is 128.